The average molecular weight is 379 g/mol. The maximum atomic E-state index is 4.54. The fourth-order valence-electron chi connectivity index (χ4n) is 2.68. The summed E-state index contributed by atoms with van der Waals surface area (Å²) in [5, 5.41) is 13.0. The van der Waals surface area contributed by atoms with E-state index in [9.17, 15) is 0 Å². The van der Waals surface area contributed by atoms with E-state index in [4.69, 9.17) is 0 Å². The molecule has 0 spiro atoms. The minimum Gasteiger partial charge on any atom is -0.270 e. The Balaban J connectivity index is 1.73. The van der Waals surface area contributed by atoms with Gasteiger partial charge in [0.2, 0.25) is 0 Å². The zero-order valence-electron chi connectivity index (χ0n) is 14.6. The summed E-state index contributed by atoms with van der Waals surface area (Å²) < 4.78 is 2.12. The highest BCUT2D eigenvalue weighted by Crippen LogP contribution is 2.30. The summed E-state index contributed by atoms with van der Waals surface area (Å²) in [5.41, 5.74) is 4.43. The predicted octanol–water partition coefficient (Wildman–Crippen LogP) is 5.30. The zero-order chi connectivity index (χ0) is 17.9. The SMILES string of the molecule is Cc1ccc(-n2c(SCc3csc(C)n3)nnc2-c2ccccc2)cc1. The van der Waals surface area contributed by atoms with E-state index in [2.05, 4.69) is 68.5 Å². The lowest BCUT2D eigenvalue weighted by Crippen LogP contribution is -2.00. The number of aryl methyl sites for hydroxylation is 2. The Labute approximate surface area is 161 Å². The first-order valence-corrected chi connectivity index (χ1v) is 10.2. The molecular weight excluding hydrogens is 360 g/mol. The van der Waals surface area contributed by atoms with Crippen molar-refractivity contribution < 1.29 is 0 Å². The summed E-state index contributed by atoms with van der Waals surface area (Å²) in [6.07, 6.45) is 0. The van der Waals surface area contributed by atoms with Crippen molar-refractivity contribution in [3.8, 4) is 17.1 Å². The van der Waals surface area contributed by atoms with E-state index in [1.54, 1.807) is 23.1 Å². The summed E-state index contributed by atoms with van der Waals surface area (Å²) in [5.74, 6) is 1.63. The van der Waals surface area contributed by atoms with Gasteiger partial charge in [0.1, 0.15) is 0 Å². The van der Waals surface area contributed by atoms with Crippen LogP contribution in [0.3, 0.4) is 0 Å². The molecule has 0 atom stereocenters. The Morgan fingerprint density at radius 2 is 1.73 bits per heavy atom. The third kappa shape index (κ3) is 3.57. The third-order valence-corrected chi connectivity index (χ3v) is 5.76. The Morgan fingerprint density at radius 3 is 2.42 bits per heavy atom. The molecule has 0 aliphatic heterocycles. The summed E-state index contributed by atoms with van der Waals surface area (Å²) >= 11 is 3.34. The molecule has 2 aromatic heterocycles. The van der Waals surface area contributed by atoms with Gasteiger partial charge in [-0.05, 0) is 26.0 Å². The Morgan fingerprint density at radius 1 is 0.962 bits per heavy atom. The van der Waals surface area contributed by atoms with Gasteiger partial charge in [-0.2, -0.15) is 0 Å². The Bertz CT molecular complexity index is 1000. The van der Waals surface area contributed by atoms with E-state index in [1.165, 1.54) is 5.56 Å². The van der Waals surface area contributed by atoms with Gasteiger partial charge in [-0.15, -0.1) is 21.5 Å². The molecule has 2 heterocycles. The van der Waals surface area contributed by atoms with Crippen molar-refractivity contribution in [3.63, 3.8) is 0 Å². The topological polar surface area (TPSA) is 43.6 Å². The molecule has 4 aromatic rings. The van der Waals surface area contributed by atoms with E-state index in [0.717, 1.165) is 38.7 Å². The van der Waals surface area contributed by atoms with Gasteiger partial charge < -0.3 is 0 Å². The number of benzene rings is 2. The number of thiazole rings is 1. The van der Waals surface area contributed by atoms with Crippen molar-refractivity contribution in [1.82, 2.24) is 19.7 Å². The van der Waals surface area contributed by atoms with Crippen LogP contribution in [0.1, 0.15) is 16.3 Å². The molecule has 6 heteroatoms. The van der Waals surface area contributed by atoms with Crippen molar-refractivity contribution in [2.24, 2.45) is 0 Å². The largest absolute Gasteiger partial charge is 0.270 e. The molecule has 0 saturated heterocycles. The monoisotopic (exact) mass is 378 g/mol. The summed E-state index contributed by atoms with van der Waals surface area (Å²) in [4.78, 5) is 4.54. The van der Waals surface area contributed by atoms with Crippen molar-refractivity contribution in [3.05, 3.63) is 76.2 Å². The molecule has 0 saturated carbocycles. The highest BCUT2D eigenvalue weighted by atomic mass is 32.2. The molecule has 0 aliphatic rings. The Kier molecular flexibility index (Phi) is 4.86. The van der Waals surface area contributed by atoms with Gasteiger partial charge >= 0.3 is 0 Å². The van der Waals surface area contributed by atoms with Gasteiger partial charge in [0.25, 0.3) is 0 Å². The molecule has 0 fully saturated rings. The van der Waals surface area contributed by atoms with Crippen molar-refractivity contribution in [2.75, 3.05) is 0 Å². The predicted molar refractivity (Wildman–Crippen MR) is 108 cm³/mol. The van der Waals surface area contributed by atoms with Crippen LogP contribution in [0.15, 0.2) is 65.1 Å². The first kappa shape index (κ1) is 17.0. The lowest BCUT2D eigenvalue weighted by molar-refractivity contribution is 0.885. The van der Waals surface area contributed by atoms with Crippen LogP contribution in [0.4, 0.5) is 0 Å². The van der Waals surface area contributed by atoms with Crippen LogP contribution in [-0.2, 0) is 5.75 Å². The highest BCUT2D eigenvalue weighted by Gasteiger charge is 2.16. The minimum absolute atomic E-state index is 0.781. The maximum Gasteiger partial charge on any atom is 0.196 e. The molecular formula is C20H18N4S2. The van der Waals surface area contributed by atoms with Gasteiger partial charge in [0.15, 0.2) is 11.0 Å². The normalized spacial score (nSPS) is 11.0. The van der Waals surface area contributed by atoms with Gasteiger partial charge in [0.05, 0.1) is 10.7 Å². The number of hydrogen-bond donors (Lipinski definition) is 0. The molecule has 0 amide bonds. The van der Waals surface area contributed by atoms with Crippen molar-refractivity contribution in [1.29, 1.82) is 0 Å². The zero-order valence-corrected chi connectivity index (χ0v) is 16.2. The van der Waals surface area contributed by atoms with Crippen LogP contribution in [0, 0.1) is 13.8 Å². The number of rotatable bonds is 5. The lowest BCUT2D eigenvalue weighted by atomic mass is 10.2. The third-order valence-electron chi connectivity index (χ3n) is 3.97. The Hall–Kier alpha value is -2.44. The first-order valence-electron chi connectivity index (χ1n) is 8.32. The van der Waals surface area contributed by atoms with Crippen LogP contribution in [0.25, 0.3) is 17.1 Å². The molecule has 4 nitrogen and oxygen atoms in total. The maximum absolute atomic E-state index is 4.54. The first-order chi connectivity index (χ1) is 12.7. The lowest BCUT2D eigenvalue weighted by Gasteiger charge is -2.10. The molecule has 2 aromatic carbocycles. The van der Waals surface area contributed by atoms with E-state index in [1.807, 2.05) is 25.1 Å². The molecule has 0 bridgehead atoms. The summed E-state index contributed by atoms with van der Waals surface area (Å²) in [6, 6.07) is 18.6. The highest BCUT2D eigenvalue weighted by molar-refractivity contribution is 7.98. The average Bonchev–Trinajstić information content (AvgIpc) is 3.27. The molecule has 0 aliphatic carbocycles. The second-order valence-corrected chi connectivity index (χ2v) is 7.99. The second kappa shape index (κ2) is 7.43. The standard InChI is InChI=1S/C20H18N4S2/c1-14-8-10-18(11-9-14)24-19(16-6-4-3-5-7-16)22-23-20(24)26-13-17-12-25-15(2)21-17/h3-12H,13H2,1-2H3. The van der Waals surface area contributed by atoms with E-state index < -0.39 is 0 Å². The van der Waals surface area contributed by atoms with E-state index in [0.29, 0.717) is 0 Å². The molecule has 0 radical (unpaired) electrons. The number of nitrogens with zero attached hydrogens (tertiary/aromatic N) is 4. The van der Waals surface area contributed by atoms with Gasteiger partial charge in [-0.1, -0.05) is 59.8 Å². The summed E-state index contributed by atoms with van der Waals surface area (Å²) in [7, 11) is 0. The second-order valence-electron chi connectivity index (χ2n) is 5.99. The van der Waals surface area contributed by atoms with Crippen LogP contribution in [-0.4, -0.2) is 19.7 Å². The number of hydrogen-bond acceptors (Lipinski definition) is 5. The molecule has 130 valence electrons. The van der Waals surface area contributed by atoms with Crippen molar-refractivity contribution >= 4 is 23.1 Å². The van der Waals surface area contributed by atoms with Gasteiger partial charge in [0, 0.05) is 22.4 Å². The van der Waals surface area contributed by atoms with Gasteiger partial charge in [-0.25, -0.2) is 4.98 Å². The molecule has 0 N–H and O–H groups in total. The smallest absolute Gasteiger partial charge is 0.196 e. The summed E-state index contributed by atoms with van der Waals surface area (Å²) in [6.45, 7) is 4.12. The molecule has 26 heavy (non-hydrogen) atoms. The van der Waals surface area contributed by atoms with E-state index in [-0.39, 0.29) is 0 Å². The van der Waals surface area contributed by atoms with E-state index >= 15 is 0 Å². The van der Waals surface area contributed by atoms with Crippen LogP contribution >= 0.6 is 23.1 Å². The van der Waals surface area contributed by atoms with Crippen LogP contribution in [0.2, 0.25) is 0 Å². The number of aromatic nitrogens is 4. The molecule has 4 rings (SSSR count). The van der Waals surface area contributed by atoms with Crippen molar-refractivity contribution in [2.45, 2.75) is 24.8 Å². The van der Waals surface area contributed by atoms with Crippen LogP contribution < -0.4 is 0 Å². The molecule has 0 unspecified atom stereocenters. The minimum atomic E-state index is 0.781. The fourth-order valence-corrected chi connectivity index (χ4v) is 4.24. The quantitative estimate of drug-likeness (QED) is 0.442. The van der Waals surface area contributed by atoms with Crippen LogP contribution in [0.5, 0.6) is 0 Å². The number of thioether (sulfide) groups is 1. The fraction of sp³-hybridized carbons (Fsp3) is 0.150. The van der Waals surface area contributed by atoms with Gasteiger partial charge in [-0.3, -0.25) is 4.57 Å².